The maximum absolute atomic E-state index is 9.93. The van der Waals surface area contributed by atoms with E-state index in [-0.39, 0.29) is 5.54 Å². The van der Waals surface area contributed by atoms with Crippen LogP contribution in [-0.2, 0) is 11.2 Å². The number of hydrogen-bond acceptors (Lipinski definition) is 5. The van der Waals surface area contributed by atoms with Crippen molar-refractivity contribution in [2.24, 2.45) is 5.92 Å². The Balaban J connectivity index is 1.56. The van der Waals surface area contributed by atoms with Crippen LogP contribution in [0.3, 0.4) is 0 Å². The van der Waals surface area contributed by atoms with Crippen LogP contribution < -0.4 is 5.32 Å². The van der Waals surface area contributed by atoms with Gasteiger partial charge in [-0.15, -0.1) is 11.3 Å². The minimum Gasteiger partial charge on any atom is -0.389 e. The zero-order chi connectivity index (χ0) is 14.6. The summed E-state index contributed by atoms with van der Waals surface area (Å²) in [7, 11) is 0. The highest BCUT2D eigenvalue weighted by molar-refractivity contribution is 7.09. The zero-order valence-electron chi connectivity index (χ0n) is 12.7. The van der Waals surface area contributed by atoms with Gasteiger partial charge >= 0.3 is 0 Å². The molecule has 1 atom stereocenters. The van der Waals surface area contributed by atoms with Crippen molar-refractivity contribution in [1.29, 1.82) is 0 Å². The number of aliphatic hydroxyl groups excluding tert-OH is 1. The fourth-order valence-electron chi connectivity index (χ4n) is 2.34. The molecule has 0 spiro atoms. The quantitative estimate of drug-likeness (QED) is 0.686. The summed E-state index contributed by atoms with van der Waals surface area (Å²) in [5.41, 5.74) is 3.09. The van der Waals surface area contributed by atoms with E-state index in [0.717, 1.165) is 18.0 Å². The average molecular weight is 298 g/mol. The number of ether oxygens (including phenoxy) is 1. The molecule has 1 fully saturated rings. The second kappa shape index (κ2) is 6.98. The van der Waals surface area contributed by atoms with Gasteiger partial charge in [-0.25, -0.2) is 4.98 Å². The third-order valence-corrected chi connectivity index (χ3v) is 5.01. The Labute approximate surface area is 125 Å². The van der Waals surface area contributed by atoms with Crippen molar-refractivity contribution < 1.29 is 9.84 Å². The Morgan fingerprint density at radius 1 is 1.55 bits per heavy atom. The molecular weight excluding hydrogens is 272 g/mol. The van der Waals surface area contributed by atoms with Crippen LogP contribution in [-0.4, -0.2) is 41.5 Å². The van der Waals surface area contributed by atoms with Crippen molar-refractivity contribution >= 4 is 11.3 Å². The normalized spacial score (nSPS) is 17.4. The van der Waals surface area contributed by atoms with E-state index in [4.69, 9.17) is 4.74 Å². The first-order chi connectivity index (χ1) is 9.49. The van der Waals surface area contributed by atoms with Gasteiger partial charge in [0.2, 0.25) is 0 Å². The van der Waals surface area contributed by atoms with E-state index in [9.17, 15) is 5.11 Å². The molecule has 1 aromatic rings. The summed E-state index contributed by atoms with van der Waals surface area (Å²) >= 11 is 1.67. The monoisotopic (exact) mass is 298 g/mol. The molecule has 1 heterocycles. The molecule has 2 rings (SSSR count). The largest absolute Gasteiger partial charge is 0.389 e. The second-order valence-electron chi connectivity index (χ2n) is 6.22. The Hall–Kier alpha value is -0.490. The van der Waals surface area contributed by atoms with Gasteiger partial charge < -0.3 is 15.2 Å². The summed E-state index contributed by atoms with van der Waals surface area (Å²) in [4.78, 5) is 5.48. The Kier molecular flexibility index (Phi) is 5.55. The molecular formula is C15H26N2O2S. The average Bonchev–Trinajstić information content (AvgIpc) is 3.18. The molecule has 2 N–H and O–H groups in total. The molecule has 114 valence electrons. The summed E-state index contributed by atoms with van der Waals surface area (Å²) in [6.07, 6.45) is 3.06. The summed E-state index contributed by atoms with van der Waals surface area (Å²) in [6, 6.07) is 0. The lowest BCUT2D eigenvalue weighted by Gasteiger charge is -2.27. The van der Waals surface area contributed by atoms with Gasteiger partial charge in [0.05, 0.1) is 30.5 Å². The minimum absolute atomic E-state index is 0.140. The Morgan fingerprint density at radius 3 is 2.90 bits per heavy atom. The number of rotatable bonds is 9. The van der Waals surface area contributed by atoms with Crippen molar-refractivity contribution in [3.05, 3.63) is 16.1 Å². The SMILES string of the molecule is Cc1ncsc1CCOCC(O)CNC(C)(C)C1CC1. The first-order valence-electron chi connectivity index (χ1n) is 7.39. The van der Waals surface area contributed by atoms with Crippen LogP contribution >= 0.6 is 11.3 Å². The van der Waals surface area contributed by atoms with Crippen molar-refractivity contribution in [1.82, 2.24) is 10.3 Å². The van der Waals surface area contributed by atoms with Gasteiger partial charge in [0.15, 0.2) is 0 Å². The number of aliphatic hydroxyl groups is 1. The number of aromatic nitrogens is 1. The number of hydrogen-bond donors (Lipinski definition) is 2. The Bertz CT molecular complexity index is 416. The lowest BCUT2D eigenvalue weighted by atomic mass is 9.98. The van der Waals surface area contributed by atoms with Gasteiger partial charge in [-0.1, -0.05) is 0 Å². The van der Waals surface area contributed by atoms with Crippen LogP contribution in [0.1, 0.15) is 37.3 Å². The van der Waals surface area contributed by atoms with E-state index in [1.165, 1.54) is 17.7 Å². The highest BCUT2D eigenvalue weighted by Gasteiger charge is 2.37. The van der Waals surface area contributed by atoms with Gasteiger partial charge in [-0.2, -0.15) is 0 Å². The van der Waals surface area contributed by atoms with Gasteiger partial charge in [0.1, 0.15) is 0 Å². The number of β-amino-alcohol motifs (C(OH)–C–C–N with tert-alkyl or cyclic N) is 1. The van der Waals surface area contributed by atoms with Crippen molar-refractivity contribution in [2.45, 2.75) is 51.7 Å². The highest BCUT2D eigenvalue weighted by Crippen LogP contribution is 2.39. The van der Waals surface area contributed by atoms with Crippen LogP contribution in [0.2, 0.25) is 0 Å². The van der Waals surface area contributed by atoms with Crippen LogP contribution in [0.15, 0.2) is 5.51 Å². The molecule has 1 unspecified atom stereocenters. The molecule has 20 heavy (non-hydrogen) atoms. The molecule has 0 aromatic carbocycles. The maximum atomic E-state index is 9.93. The van der Waals surface area contributed by atoms with Crippen LogP contribution in [0.25, 0.3) is 0 Å². The second-order valence-corrected chi connectivity index (χ2v) is 7.16. The standard InChI is InChI=1S/C15H26N2O2S/c1-11-14(20-10-16-11)6-7-19-9-13(18)8-17-15(2,3)12-4-5-12/h10,12-13,17-18H,4-9H2,1-3H3. The van der Waals surface area contributed by atoms with Crippen molar-refractivity contribution in [2.75, 3.05) is 19.8 Å². The number of aryl methyl sites for hydroxylation is 1. The summed E-state index contributed by atoms with van der Waals surface area (Å²) in [5.74, 6) is 0.768. The van der Waals surface area contributed by atoms with E-state index >= 15 is 0 Å². The van der Waals surface area contributed by atoms with Crippen molar-refractivity contribution in [3.63, 3.8) is 0 Å². The highest BCUT2D eigenvalue weighted by atomic mass is 32.1. The van der Waals surface area contributed by atoms with Crippen molar-refractivity contribution in [3.8, 4) is 0 Å². The molecule has 1 saturated carbocycles. The maximum Gasteiger partial charge on any atom is 0.0897 e. The predicted octanol–water partition coefficient (Wildman–Crippen LogP) is 2.15. The van der Waals surface area contributed by atoms with E-state index in [2.05, 4.69) is 24.1 Å². The topological polar surface area (TPSA) is 54.4 Å². The first-order valence-corrected chi connectivity index (χ1v) is 8.27. The molecule has 1 aliphatic rings. The lowest BCUT2D eigenvalue weighted by Crippen LogP contribution is -2.46. The number of nitrogens with one attached hydrogen (secondary N) is 1. The Morgan fingerprint density at radius 2 is 2.30 bits per heavy atom. The molecule has 0 radical (unpaired) electrons. The molecule has 0 bridgehead atoms. The van der Waals surface area contributed by atoms with E-state index in [0.29, 0.717) is 19.8 Å². The van der Waals surface area contributed by atoms with Crippen LogP contribution in [0, 0.1) is 12.8 Å². The predicted molar refractivity (Wildman–Crippen MR) is 82.2 cm³/mol. The van der Waals surface area contributed by atoms with Gasteiger partial charge in [0, 0.05) is 23.4 Å². The van der Waals surface area contributed by atoms with E-state index in [1.807, 2.05) is 12.4 Å². The van der Waals surface area contributed by atoms with Gasteiger partial charge in [0.25, 0.3) is 0 Å². The van der Waals surface area contributed by atoms with Gasteiger partial charge in [-0.05, 0) is 39.5 Å². The van der Waals surface area contributed by atoms with Crippen LogP contribution in [0.5, 0.6) is 0 Å². The van der Waals surface area contributed by atoms with Gasteiger partial charge in [-0.3, -0.25) is 0 Å². The number of nitrogens with zero attached hydrogens (tertiary/aromatic N) is 1. The van der Waals surface area contributed by atoms with E-state index < -0.39 is 6.10 Å². The first kappa shape index (κ1) is 15.9. The summed E-state index contributed by atoms with van der Waals surface area (Å²) in [5, 5.41) is 13.4. The fraction of sp³-hybridized carbons (Fsp3) is 0.800. The third-order valence-electron chi connectivity index (χ3n) is 4.02. The molecule has 0 amide bonds. The molecule has 4 nitrogen and oxygen atoms in total. The third kappa shape index (κ3) is 4.81. The molecule has 0 saturated heterocycles. The minimum atomic E-state index is -0.435. The van der Waals surface area contributed by atoms with Crippen LogP contribution in [0.4, 0.5) is 0 Å². The summed E-state index contributed by atoms with van der Waals surface area (Å²) in [6.45, 7) is 8.08. The number of thiazole rings is 1. The summed E-state index contributed by atoms with van der Waals surface area (Å²) < 4.78 is 5.55. The smallest absolute Gasteiger partial charge is 0.0897 e. The zero-order valence-corrected chi connectivity index (χ0v) is 13.5. The molecule has 1 aliphatic carbocycles. The molecule has 0 aliphatic heterocycles. The molecule has 1 aromatic heterocycles. The molecule has 5 heteroatoms. The lowest BCUT2D eigenvalue weighted by molar-refractivity contribution is 0.0343. The van der Waals surface area contributed by atoms with E-state index in [1.54, 1.807) is 11.3 Å². The fourth-order valence-corrected chi connectivity index (χ4v) is 3.10.